The van der Waals surface area contributed by atoms with Crippen molar-refractivity contribution in [3.8, 4) is 6.07 Å². The first-order valence-electron chi connectivity index (χ1n) is 7.93. The summed E-state index contributed by atoms with van der Waals surface area (Å²) in [5.41, 5.74) is 2.31. The van der Waals surface area contributed by atoms with E-state index in [1.807, 2.05) is 50.2 Å². The quantitative estimate of drug-likeness (QED) is 0.710. The number of hydrogen-bond donors (Lipinski definition) is 0. The number of rotatable bonds is 4. The lowest BCUT2D eigenvalue weighted by Gasteiger charge is -2.27. The van der Waals surface area contributed by atoms with Gasteiger partial charge in [0, 0.05) is 11.9 Å². The Kier molecular flexibility index (Phi) is 4.35. The fraction of sp³-hybridized carbons (Fsp3) is 0.200. The van der Waals surface area contributed by atoms with E-state index in [0.29, 0.717) is 23.5 Å². The number of fused-ring (bicyclic) bond motifs is 1. The van der Waals surface area contributed by atoms with Gasteiger partial charge in [0.05, 0.1) is 17.7 Å². The minimum Gasteiger partial charge on any atom is -0.451 e. The second-order valence-electron chi connectivity index (χ2n) is 5.65. The number of hydrogen-bond acceptors (Lipinski definition) is 3. The first-order chi connectivity index (χ1) is 11.6. The highest BCUT2D eigenvalue weighted by Crippen LogP contribution is 2.25. The Morgan fingerprint density at radius 2 is 1.92 bits per heavy atom. The molecule has 0 radical (unpaired) electrons. The molecule has 3 aromatic rings. The molecule has 2 aromatic carbocycles. The molecule has 4 nitrogen and oxygen atoms in total. The molecule has 1 amide bonds. The van der Waals surface area contributed by atoms with Crippen molar-refractivity contribution in [3.05, 3.63) is 71.5 Å². The molecule has 1 heterocycles. The van der Waals surface area contributed by atoms with Crippen LogP contribution in [-0.2, 0) is 0 Å². The van der Waals surface area contributed by atoms with Crippen LogP contribution in [0.3, 0.4) is 0 Å². The third-order valence-electron chi connectivity index (χ3n) is 4.23. The van der Waals surface area contributed by atoms with Crippen LogP contribution < -0.4 is 0 Å². The van der Waals surface area contributed by atoms with E-state index >= 15 is 0 Å². The summed E-state index contributed by atoms with van der Waals surface area (Å²) in [5, 5.41) is 9.82. The van der Waals surface area contributed by atoms with E-state index in [4.69, 9.17) is 9.68 Å². The van der Waals surface area contributed by atoms with Gasteiger partial charge in [-0.3, -0.25) is 4.79 Å². The van der Waals surface area contributed by atoms with Crippen LogP contribution in [0, 0.1) is 11.3 Å². The number of benzene rings is 2. The van der Waals surface area contributed by atoms with E-state index in [0.717, 1.165) is 10.9 Å². The second kappa shape index (κ2) is 6.59. The van der Waals surface area contributed by atoms with E-state index < -0.39 is 0 Å². The van der Waals surface area contributed by atoms with E-state index in [2.05, 4.69) is 6.07 Å². The first kappa shape index (κ1) is 15.8. The smallest absolute Gasteiger partial charge is 0.290 e. The van der Waals surface area contributed by atoms with Gasteiger partial charge < -0.3 is 9.32 Å². The second-order valence-corrected chi connectivity index (χ2v) is 5.65. The largest absolute Gasteiger partial charge is 0.451 e. The van der Waals surface area contributed by atoms with Gasteiger partial charge in [-0.25, -0.2) is 0 Å². The molecule has 24 heavy (non-hydrogen) atoms. The summed E-state index contributed by atoms with van der Waals surface area (Å²) in [7, 11) is 0. The van der Waals surface area contributed by atoms with Crippen molar-refractivity contribution in [1.82, 2.24) is 4.90 Å². The topological polar surface area (TPSA) is 57.2 Å². The highest BCUT2D eigenvalue weighted by Gasteiger charge is 2.24. The number of nitriles is 1. The van der Waals surface area contributed by atoms with Gasteiger partial charge in [0.1, 0.15) is 5.58 Å². The average molecular weight is 318 g/mol. The van der Waals surface area contributed by atoms with Crippen molar-refractivity contribution in [2.24, 2.45) is 0 Å². The van der Waals surface area contributed by atoms with Crippen LogP contribution in [-0.4, -0.2) is 17.4 Å². The Labute approximate surface area is 140 Å². The lowest BCUT2D eigenvalue weighted by Crippen LogP contribution is -2.33. The average Bonchev–Trinajstić information content (AvgIpc) is 3.06. The molecule has 1 atom stereocenters. The molecule has 0 saturated heterocycles. The van der Waals surface area contributed by atoms with Crippen molar-refractivity contribution >= 4 is 16.9 Å². The Morgan fingerprint density at radius 3 is 2.54 bits per heavy atom. The summed E-state index contributed by atoms with van der Waals surface area (Å²) in [4.78, 5) is 14.6. The molecule has 0 fully saturated rings. The summed E-state index contributed by atoms with van der Waals surface area (Å²) >= 11 is 0. The zero-order valence-corrected chi connectivity index (χ0v) is 13.7. The molecule has 0 bridgehead atoms. The van der Waals surface area contributed by atoms with Crippen molar-refractivity contribution in [3.63, 3.8) is 0 Å². The lowest BCUT2D eigenvalue weighted by atomic mass is 10.0. The fourth-order valence-electron chi connectivity index (χ4n) is 2.84. The molecule has 3 rings (SSSR count). The summed E-state index contributed by atoms with van der Waals surface area (Å²) in [6.07, 6.45) is 0. The van der Waals surface area contributed by atoms with Crippen LogP contribution in [0.1, 0.15) is 41.6 Å². The number of furan rings is 1. The molecule has 0 saturated carbocycles. The monoisotopic (exact) mass is 318 g/mol. The van der Waals surface area contributed by atoms with Crippen molar-refractivity contribution in [2.75, 3.05) is 6.54 Å². The maximum absolute atomic E-state index is 12.9. The van der Waals surface area contributed by atoms with Crippen LogP contribution in [0.2, 0.25) is 0 Å². The SMILES string of the molecule is CCN(C(=O)c1cc2ccccc2o1)C(C)c1ccc(C#N)cc1. The van der Waals surface area contributed by atoms with Crippen molar-refractivity contribution < 1.29 is 9.21 Å². The maximum Gasteiger partial charge on any atom is 0.290 e. The van der Waals surface area contributed by atoms with E-state index in [1.54, 1.807) is 23.1 Å². The minimum absolute atomic E-state index is 0.108. The summed E-state index contributed by atoms with van der Waals surface area (Å²) in [5.74, 6) is 0.212. The summed E-state index contributed by atoms with van der Waals surface area (Å²) < 4.78 is 5.70. The van der Waals surface area contributed by atoms with Gasteiger partial charge in [0.2, 0.25) is 0 Å². The molecule has 0 aliphatic carbocycles. The number of amides is 1. The highest BCUT2D eigenvalue weighted by atomic mass is 16.3. The van der Waals surface area contributed by atoms with Gasteiger partial charge in [0.25, 0.3) is 5.91 Å². The molecule has 0 spiro atoms. The van der Waals surface area contributed by atoms with Gasteiger partial charge in [-0.15, -0.1) is 0 Å². The zero-order chi connectivity index (χ0) is 17.1. The normalized spacial score (nSPS) is 11.9. The molecule has 0 aliphatic heterocycles. The van der Waals surface area contributed by atoms with Crippen LogP contribution in [0.15, 0.2) is 59.0 Å². The standard InChI is InChI=1S/C20H18N2O2/c1-3-22(14(2)16-10-8-15(13-21)9-11-16)20(23)19-12-17-6-4-5-7-18(17)24-19/h4-12,14H,3H2,1-2H3. The van der Waals surface area contributed by atoms with Crippen LogP contribution in [0.25, 0.3) is 11.0 Å². The third kappa shape index (κ3) is 2.89. The first-order valence-corrected chi connectivity index (χ1v) is 7.93. The number of para-hydroxylation sites is 1. The predicted octanol–water partition coefficient (Wildman–Crippen LogP) is 4.53. The molecule has 4 heteroatoms. The van der Waals surface area contributed by atoms with Crippen molar-refractivity contribution in [1.29, 1.82) is 5.26 Å². The molecule has 0 N–H and O–H groups in total. The number of carbonyl (C=O) groups is 1. The maximum atomic E-state index is 12.9. The van der Waals surface area contributed by atoms with Crippen LogP contribution in [0.5, 0.6) is 0 Å². The van der Waals surface area contributed by atoms with Crippen LogP contribution >= 0.6 is 0 Å². The lowest BCUT2D eigenvalue weighted by molar-refractivity contribution is 0.0672. The number of carbonyl (C=O) groups excluding carboxylic acids is 1. The Hall–Kier alpha value is -3.06. The van der Waals surface area contributed by atoms with Crippen molar-refractivity contribution in [2.45, 2.75) is 19.9 Å². The van der Waals surface area contributed by atoms with E-state index in [-0.39, 0.29) is 11.9 Å². The van der Waals surface area contributed by atoms with E-state index in [9.17, 15) is 4.79 Å². The Bertz CT molecular complexity index is 870. The van der Waals surface area contributed by atoms with Gasteiger partial charge >= 0.3 is 0 Å². The zero-order valence-electron chi connectivity index (χ0n) is 13.7. The van der Waals surface area contributed by atoms with E-state index in [1.165, 1.54) is 0 Å². The van der Waals surface area contributed by atoms with Gasteiger partial charge in [-0.05, 0) is 43.7 Å². The molecule has 120 valence electrons. The fourth-order valence-corrected chi connectivity index (χ4v) is 2.84. The third-order valence-corrected chi connectivity index (χ3v) is 4.23. The molecule has 0 aliphatic rings. The molecular formula is C20H18N2O2. The van der Waals surface area contributed by atoms with Crippen LogP contribution in [0.4, 0.5) is 0 Å². The minimum atomic E-state index is -0.134. The molecule has 1 unspecified atom stereocenters. The van der Waals surface area contributed by atoms with Gasteiger partial charge in [-0.1, -0.05) is 30.3 Å². The molecule has 1 aromatic heterocycles. The Balaban J connectivity index is 1.88. The Morgan fingerprint density at radius 1 is 1.21 bits per heavy atom. The number of nitrogens with zero attached hydrogens (tertiary/aromatic N) is 2. The highest BCUT2D eigenvalue weighted by molar-refractivity contribution is 5.96. The summed E-state index contributed by atoms with van der Waals surface area (Å²) in [6, 6.07) is 18.7. The summed E-state index contributed by atoms with van der Waals surface area (Å²) in [6.45, 7) is 4.49. The van der Waals surface area contributed by atoms with Gasteiger partial charge in [-0.2, -0.15) is 5.26 Å². The van der Waals surface area contributed by atoms with Gasteiger partial charge in [0.15, 0.2) is 5.76 Å². The molecular weight excluding hydrogens is 300 g/mol. The predicted molar refractivity (Wildman–Crippen MR) is 92.5 cm³/mol.